The second kappa shape index (κ2) is 7.95. The molecule has 0 spiro atoms. The Balaban J connectivity index is 1.76. The Bertz CT molecular complexity index is 754. The second-order valence-electron chi connectivity index (χ2n) is 6.56. The van der Waals surface area contributed by atoms with E-state index in [1.807, 2.05) is 38.1 Å². The molecule has 138 valence electrons. The van der Waals surface area contributed by atoms with Crippen LogP contribution in [0.2, 0.25) is 0 Å². The molecule has 2 saturated heterocycles. The molecule has 0 bridgehead atoms. The van der Waals surface area contributed by atoms with Crippen molar-refractivity contribution in [3.05, 3.63) is 34.7 Å². The van der Waals surface area contributed by atoms with Crippen LogP contribution < -0.4 is 4.74 Å². The Morgan fingerprint density at radius 1 is 1.23 bits per heavy atom. The first-order chi connectivity index (χ1) is 12.5. The van der Waals surface area contributed by atoms with E-state index in [1.54, 1.807) is 11.0 Å². The Hall–Kier alpha value is -2.28. The maximum atomic E-state index is 12.6. The number of benzene rings is 1. The Kier molecular flexibility index (Phi) is 5.66. The van der Waals surface area contributed by atoms with Crippen LogP contribution in [0, 0.1) is 0 Å². The third kappa shape index (κ3) is 4.09. The number of imide groups is 1. The van der Waals surface area contributed by atoms with Crippen LogP contribution in [-0.4, -0.2) is 52.6 Å². The predicted octanol–water partition coefficient (Wildman–Crippen LogP) is 3.13. The van der Waals surface area contributed by atoms with E-state index in [9.17, 15) is 14.4 Å². The van der Waals surface area contributed by atoms with Crippen LogP contribution in [0.15, 0.2) is 29.2 Å². The van der Waals surface area contributed by atoms with Gasteiger partial charge in [0.2, 0.25) is 5.91 Å². The van der Waals surface area contributed by atoms with Gasteiger partial charge in [0.1, 0.15) is 12.3 Å². The smallest absolute Gasteiger partial charge is 0.294 e. The van der Waals surface area contributed by atoms with E-state index >= 15 is 0 Å². The zero-order valence-electron chi connectivity index (χ0n) is 14.9. The zero-order valence-corrected chi connectivity index (χ0v) is 15.8. The molecule has 3 rings (SSSR count). The van der Waals surface area contributed by atoms with Crippen molar-refractivity contribution in [1.82, 2.24) is 9.80 Å². The summed E-state index contributed by atoms with van der Waals surface area (Å²) in [4.78, 5) is 40.1. The van der Waals surface area contributed by atoms with Crippen LogP contribution in [0.5, 0.6) is 5.75 Å². The fourth-order valence-corrected chi connectivity index (χ4v) is 3.77. The topological polar surface area (TPSA) is 66.9 Å². The molecule has 1 aromatic carbocycles. The number of para-hydroxylation sites is 1. The molecule has 26 heavy (non-hydrogen) atoms. The molecule has 0 radical (unpaired) electrons. The first kappa shape index (κ1) is 18.5. The fraction of sp³-hybridized carbons (Fsp3) is 0.421. The number of likely N-dealkylation sites (tertiary alicyclic amines) is 1. The number of carbonyl (C=O) groups is 3. The van der Waals surface area contributed by atoms with E-state index in [-0.39, 0.29) is 18.6 Å². The monoisotopic (exact) mass is 374 g/mol. The number of hydrogen-bond donors (Lipinski definition) is 0. The molecule has 0 unspecified atom stereocenters. The molecule has 0 aromatic heterocycles. The van der Waals surface area contributed by atoms with Crippen molar-refractivity contribution in [3.8, 4) is 5.75 Å². The van der Waals surface area contributed by atoms with Crippen molar-refractivity contribution in [2.75, 3.05) is 19.6 Å². The molecule has 0 atom stereocenters. The van der Waals surface area contributed by atoms with E-state index in [2.05, 4.69) is 0 Å². The van der Waals surface area contributed by atoms with E-state index < -0.39 is 11.1 Å². The molecule has 2 aliphatic heterocycles. The summed E-state index contributed by atoms with van der Waals surface area (Å²) in [5.41, 5.74) is 0.734. The average molecular weight is 374 g/mol. The molecule has 6 nitrogen and oxygen atoms in total. The molecular weight excluding hydrogens is 352 g/mol. The maximum Gasteiger partial charge on any atom is 0.294 e. The molecule has 1 aromatic rings. The number of amides is 3. The molecule has 2 heterocycles. The predicted molar refractivity (Wildman–Crippen MR) is 101 cm³/mol. The van der Waals surface area contributed by atoms with Crippen molar-refractivity contribution < 1.29 is 19.1 Å². The van der Waals surface area contributed by atoms with Gasteiger partial charge >= 0.3 is 0 Å². The quantitative estimate of drug-likeness (QED) is 0.741. The van der Waals surface area contributed by atoms with Gasteiger partial charge in [-0.15, -0.1) is 0 Å². The second-order valence-corrected chi connectivity index (χ2v) is 7.55. The molecule has 2 fully saturated rings. The van der Waals surface area contributed by atoms with E-state index in [1.165, 1.54) is 0 Å². The Morgan fingerprint density at radius 2 is 1.92 bits per heavy atom. The Labute approximate surface area is 157 Å². The largest absolute Gasteiger partial charge is 0.490 e. The standard InChI is InChI=1S/C19H22N2O4S/c1-13(2)25-15-8-4-3-7-14(15)11-16-18(23)21(19(24)26-16)12-17(22)20-9-5-6-10-20/h3-4,7-8,11,13H,5-6,9-10,12H2,1-2H3/b16-11-. The van der Waals surface area contributed by atoms with Gasteiger partial charge in [0, 0.05) is 18.7 Å². The molecule has 3 amide bonds. The number of rotatable bonds is 5. The van der Waals surface area contributed by atoms with Gasteiger partial charge < -0.3 is 9.64 Å². The highest BCUT2D eigenvalue weighted by Crippen LogP contribution is 2.34. The van der Waals surface area contributed by atoms with Crippen LogP contribution in [0.4, 0.5) is 4.79 Å². The third-order valence-electron chi connectivity index (χ3n) is 4.19. The number of carbonyl (C=O) groups excluding carboxylic acids is 3. The van der Waals surface area contributed by atoms with Crippen LogP contribution in [0.25, 0.3) is 6.08 Å². The first-order valence-electron chi connectivity index (χ1n) is 8.74. The van der Waals surface area contributed by atoms with Gasteiger partial charge in [-0.1, -0.05) is 18.2 Å². The molecule has 2 aliphatic rings. The highest BCUT2D eigenvalue weighted by molar-refractivity contribution is 8.18. The average Bonchev–Trinajstić information content (AvgIpc) is 3.21. The maximum absolute atomic E-state index is 12.6. The molecule has 0 N–H and O–H groups in total. The van der Waals surface area contributed by atoms with Crippen molar-refractivity contribution in [1.29, 1.82) is 0 Å². The number of ether oxygens (including phenoxy) is 1. The number of thioether (sulfide) groups is 1. The van der Waals surface area contributed by atoms with Crippen molar-refractivity contribution in [3.63, 3.8) is 0 Å². The zero-order chi connectivity index (χ0) is 18.7. The summed E-state index contributed by atoms with van der Waals surface area (Å²) in [7, 11) is 0. The van der Waals surface area contributed by atoms with Crippen LogP contribution in [0.3, 0.4) is 0 Å². The summed E-state index contributed by atoms with van der Waals surface area (Å²) in [6.07, 6.45) is 3.60. The summed E-state index contributed by atoms with van der Waals surface area (Å²) < 4.78 is 5.75. The molecular formula is C19H22N2O4S. The fourth-order valence-electron chi connectivity index (χ4n) is 2.94. The minimum atomic E-state index is -0.424. The van der Waals surface area contributed by atoms with Gasteiger partial charge in [-0.3, -0.25) is 19.3 Å². The minimum absolute atomic E-state index is 0.00213. The van der Waals surface area contributed by atoms with Crippen LogP contribution in [0.1, 0.15) is 32.3 Å². The molecule has 7 heteroatoms. The van der Waals surface area contributed by atoms with Gasteiger partial charge in [-0.25, -0.2) is 0 Å². The van der Waals surface area contributed by atoms with Gasteiger partial charge in [0.05, 0.1) is 11.0 Å². The summed E-state index contributed by atoms with van der Waals surface area (Å²) in [5.74, 6) is 0.0592. The number of hydrogen-bond acceptors (Lipinski definition) is 5. The van der Waals surface area contributed by atoms with E-state index in [0.717, 1.165) is 35.1 Å². The summed E-state index contributed by atoms with van der Waals surface area (Å²) in [5, 5.41) is -0.406. The highest BCUT2D eigenvalue weighted by atomic mass is 32.2. The first-order valence-corrected chi connectivity index (χ1v) is 9.56. The summed E-state index contributed by atoms with van der Waals surface area (Å²) in [6, 6.07) is 7.36. The van der Waals surface area contributed by atoms with Crippen molar-refractivity contribution >= 4 is 34.9 Å². The summed E-state index contributed by atoms with van der Waals surface area (Å²) in [6.45, 7) is 5.06. The highest BCUT2D eigenvalue weighted by Gasteiger charge is 2.37. The Morgan fingerprint density at radius 3 is 2.62 bits per heavy atom. The molecule has 0 aliphatic carbocycles. The van der Waals surface area contributed by atoms with Crippen LogP contribution in [-0.2, 0) is 9.59 Å². The van der Waals surface area contributed by atoms with Gasteiger partial charge in [0.25, 0.3) is 11.1 Å². The van der Waals surface area contributed by atoms with E-state index in [4.69, 9.17) is 4.74 Å². The van der Waals surface area contributed by atoms with E-state index in [0.29, 0.717) is 23.7 Å². The van der Waals surface area contributed by atoms with Crippen LogP contribution >= 0.6 is 11.8 Å². The lowest BCUT2D eigenvalue weighted by molar-refractivity contribution is -0.135. The summed E-state index contributed by atoms with van der Waals surface area (Å²) >= 11 is 0.861. The van der Waals surface area contributed by atoms with Gasteiger partial charge in [0.15, 0.2) is 0 Å². The normalized spacial score (nSPS) is 19.1. The van der Waals surface area contributed by atoms with Crippen molar-refractivity contribution in [2.45, 2.75) is 32.8 Å². The van der Waals surface area contributed by atoms with Gasteiger partial charge in [-0.05, 0) is 50.6 Å². The third-order valence-corrected chi connectivity index (χ3v) is 5.10. The number of nitrogens with zero attached hydrogens (tertiary/aromatic N) is 2. The lowest BCUT2D eigenvalue weighted by Gasteiger charge is -2.18. The van der Waals surface area contributed by atoms with Gasteiger partial charge in [-0.2, -0.15) is 0 Å². The lowest BCUT2D eigenvalue weighted by atomic mass is 10.2. The van der Waals surface area contributed by atoms with Crippen molar-refractivity contribution in [2.24, 2.45) is 0 Å². The lowest BCUT2D eigenvalue weighted by Crippen LogP contribution is -2.40. The minimum Gasteiger partial charge on any atom is -0.490 e. The molecule has 0 saturated carbocycles. The SMILES string of the molecule is CC(C)Oc1ccccc1/C=C1\SC(=O)N(CC(=O)N2CCCC2)C1=O.